The van der Waals surface area contributed by atoms with Crippen molar-refractivity contribution < 1.29 is 19.5 Å². The normalized spacial score (nSPS) is 18.0. The third-order valence-corrected chi connectivity index (χ3v) is 2.17. The number of imide groups is 1. The van der Waals surface area contributed by atoms with E-state index in [9.17, 15) is 9.59 Å². The Hall–Kier alpha value is -2.37. The molecule has 1 aromatic rings. The molecule has 1 unspecified atom stereocenters. The molecule has 6 heteroatoms. The van der Waals surface area contributed by atoms with Gasteiger partial charge in [0.1, 0.15) is 0 Å². The first-order chi connectivity index (χ1) is 8.00. The summed E-state index contributed by atoms with van der Waals surface area (Å²) in [5, 5.41) is 9.48. The fourth-order valence-corrected chi connectivity index (χ4v) is 1.51. The molecule has 6 nitrogen and oxygen atoms in total. The van der Waals surface area contributed by atoms with Gasteiger partial charge in [-0.05, 0) is 5.56 Å². The van der Waals surface area contributed by atoms with E-state index in [1.165, 1.54) is 0 Å². The van der Waals surface area contributed by atoms with E-state index >= 15 is 0 Å². The topological polar surface area (TPSA) is 109 Å². The molecular weight excluding hydrogens is 224 g/mol. The first-order valence-electron chi connectivity index (χ1n) is 4.87. The molecule has 4 N–H and O–H groups in total. The van der Waals surface area contributed by atoms with Crippen LogP contribution in [0.15, 0.2) is 30.3 Å². The van der Waals surface area contributed by atoms with Crippen LogP contribution in [0.1, 0.15) is 17.9 Å². The van der Waals surface area contributed by atoms with Crippen molar-refractivity contribution in [3.05, 3.63) is 35.9 Å². The van der Waals surface area contributed by atoms with Crippen molar-refractivity contribution in [2.45, 2.75) is 12.3 Å². The second-order valence-corrected chi connectivity index (χ2v) is 3.42. The Bertz CT molecular complexity index is 426. The maximum atomic E-state index is 11.3. The number of carbonyl (C=O) groups excluding carboxylic acids is 2. The maximum absolute atomic E-state index is 11.3. The van der Waals surface area contributed by atoms with Crippen LogP contribution < -0.4 is 11.1 Å². The molecule has 2 rings (SSSR count). The van der Waals surface area contributed by atoms with Crippen LogP contribution in [-0.2, 0) is 9.59 Å². The molecule has 0 spiro atoms. The van der Waals surface area contributed by atoms with Gasteiger partial charge in [-0.15, -0.1) is 0 Å². The first-order valence-corrected chi connectivity index (χ1v) is 4.87. The smallest absolute Gasteiger partial charge is 0.402 e. The number of carbonyl (C=O) groups is 3. The van der Waals surface area contributed by atoms with Crippen LogP contribution in [-0.4, -0.2) is 23.0 Å². The largest absolute Gasteiger partial charge is 0.465 e. The van der Waals surface area contributed by atoms with Gasteiger partial charge in [-0.3, -0.25) is 14.9 Å². The predicted octanol–water partition coefficient (Wildman–Crippen LogP) is 0.440. The summed E-state index contributed by atoms with van der Waals surface area (Å²) in [5.41, 5.74) is 4.94. The van der Waals surface area contributed by atoms with Crippen molar-refractivity contribution >= 4 is 17.9 Å². The Morgan fingerprint density at radius 3 is 2.24 bits per heavy atom. The molecule has 0 bridgehead atoms. The van der Waals surface area contributed by atoms with Crippen LogP contribution in [0, 0.1) is 0 Å². The van der Waals surface area contributed by atoms with Crippen LogP contribution in [0.4, 0.5) is 4.79 Å². The molecule has 1 fully saturated rings. The number of hydrogen-bond acceptors (Lipinski definition) is 3. The van der Waals surface area contributed by atoms with Gasteiger partial charge in [-0.25, -0.2) is 4.79 Å². The molecule has 0 saturated carbocycles. The van der Waals surface area contributed by atoms with E-state index in [0.717, 1.165) is 5.56 Å². The second-order valence-electron chi connectivity index (χ2n) is 3.42. The summed E-state index contributed by atoms with van der Waals surface area (Å²) in [6.45, 7) is 0. The van der Waals surface area contributed by atoms with Crippen molar-refractivity contribution in [3.63, 3.8) is 0 Å². The van der Waals surface area contributed by atoms with Gasteiger partial charge in [0, 0.05) is 6.42 Å². The highest BCUT2D eigenvalue weighted by atomic mass is 16.4. The molecule has 1 heterocycles. The van der Waals surface area contributed by atoms with E-state index in [4.69, 9.17) is 9.90 Å². The zero-order chi connectivity index (χ0) is 12.8. The van der Waals surface area contributed by atoms with Crippen LogP contribution in [0.2, 0.25) is 0 Å². The van der Waals surface area contributed by atoms with Gasteiger partial charge >= 0.3 is 6.09 Å². The summed E-state index contributed by atoms with van der Waals surface area (Å²) in [7, 11) is 0. The van der Waals surface area contributed by atoms with E-state index in [0.29, 0.717) is 0 Å². The summed E-state index contributed by atoms with van der Waals surface area (Å²) < 4.78 is 0. The molecule has 0 aliphatic carbocycles. The van der Waals surface area contributed by atoms with Gasteiger partial charge in [0.25, 0.3) is 0 Å². The minimum atomic E-state index is -1.33. The minimum absolute atomic E-state index is 0.182. The average molecular weight is 236 g/mol. The average Bonchev–Trinajstić information content (AvgIpc) is 2.58. The van der Waals surface area contributed by atoms with Gasteiger partial charge in [-0.2, -0.15) is 0 Å². The lowest BCUT2D eigenvalue weighted by atomic mass is 9.98. The molecule has 17 heavy (non-hydrogen) atoms. The van der Waals surface area contributed by atoms with Crippen LogP contribution in [0.5, 0.6) is 0 Å². The van der Waals surface area contributed by atoms with Gasteiger partial charge in [0.05, 0.1) is 5.92 Å². The van der Waals surface area contributed by atoms with E-state index in [-0.39, 0.29) is 24.2 Å². The Morgan fingerprint density at radius 1 is 1.29 bits per heavy atom. The highest BCUT2D eigenvalue weighted by Crippen LogP contribution is 2.23. The number of nitrogens with one attached hydrogen (secondary N) is 1. The number of benzene rings is 1. The van der Waals surface area contributed by atoms with Crippen molar-refractivity contribution in [1.29, 1.82) is 0 Å². The first kappa shape index (κ1) is 12.7. The van der Waals surface area contributed by atoms with E-state index < -0.39 is 6.09 Å². The molecule has 1 aromatic carbocycles. The SMILES string of the molecule is NC(=O)O.O=C1CC(c2ccccc2)C(=O)N1. The Kier molecular flexibility index (Phi) is 4.21. The summed E-state index contributed by atoms with van der Waals surface area (Å²) in [4.78, 5) is 30.9. The lowest BCUT2D eigenvalue weighted by Gasteiger charge is -2.04. The molecule has 0 radical (unpaired) electrons. The van der Waals surface area contributed by atoms with Crippen LogP contribution in [0.25, 0.3) is 0 Å². The second kappa shape index (κ2) is 5.64. The lowest BCUT2D eigenvalue weighted by molar-refractivity contribution is -0.125. The van der Waals surface area contributed by atoms with E-state index in [2.05, 4.69) is 11.1 Å². The number of amides is 3. The molecule has 0 aromatic heterocycles. The zero-order valence-corrected chi connectivity index (χ0v) is 8.92. The fraction of sp³-hybridized carbons (Fsp3) is 0.182. The van der Waals surface area contributed by atoms with E-state index in [1.54, 1.807) is 0 Å². The molecule has 1 saturated heterocycles. The van der Waals surface area contributed by atoms with Gasteiger partial charge in [0.2, 0.25) is 11.8 Å². The maximum Gasteiger partial charge on any atom is 0.402 e. The third-order valence-electron chi connectivity index (χ3n) is 2.17. The highest BCUT2D eigenvalue weighted by molar-refractivity contribution is 6.06. The van der Waals surface area contributed by atoms with Gasteiger partial charge in [-0.1, -0.05) is 30.3 Å². The number of carboxylic acid groups (broad SMARTS) is 1. The lowest BCUT2D eigenvalue weighted by Crippen LogP contribution is -2.21. The van der Waals surface area contributed by atoms with Crippen molar-refractivity contribution in [2.75, 3.05) is 0 Å². The number of hydrogen-bond donors (Lipinski definition) is 3. The predicted molar refractivity (Wildman–Crippen MR) is 59.2 cm³/mol. The van der Waals surface area contributed by atoms with Gasteiger partial charge in [0.15, 0.2) is 0 Å². The summed E-state index contributed by atoms with van der Waals surface area (Å²) in [5.74, 6) is -0.649. The number of primary amides is 1. The van der Waals surface area contributed by atoms with Crippen molar-refractivity contribution in [3.8, 4) is 0 Å². The fourth-order valence-electron chi connectivity index (χ4n) is 1.51. The molecule has 1 aliphatic heterocycles. The summed E-state index contributed by atoms with van der Waals surface area (Å²) in [6, 6.07) is 9.35. The monoisotopic (exact) mass is 236 g/mol. The Labute approximate surface area is 97.4 Å². The van der Waals surface area contributed by atoms with E-state index in [1.807, 2.05) is 30.3 Å². The number of nitrogens with two attached hydrogens (primary N) is 1. The molecule has 1 atom stereocenters. The summed E-state index contributed by atoms with van der Waals surface area (Å²) in [6.07, 6.45) is -1.05. The standard InChI is InChI=1S/C10H9NO2.CH3NO2/c12-9-6-8(10(13)11-9)7-4-2-1-3-5-7;2-1(3)4/h1-5,8H,6H2,(H,11,12,13);2H2,(H,3,4). The Balaban J connectivity index is 0.000000317. The number of rotatable bonds is 1. The minimum Gasteiger partial charge on any atom is -0.465 e. The third kappa shape index (κ3) is 3.94. The van der Waals surface area contributed by atoms with Gasteiger partial charge < -0.3 is 10.8 Å². The highest BCUT2D eigenvalue weighted by Gasteiger charge is 2.31. The Morgan fingerprint density at radius 2 is 1.82 bits per heavy atom. The molecule has 90 valence electrons. The van der Waals surface area contributed by atoms with Crippen LogP contribution >= 0.6 is 0 Å². The molecular formula is C11H12N2O4. The van der Waals surface area contributed by atoms with Crippen molar-refractivity contribution in [1.82, 2.24) is 5.32 Å². The molecule has 1 aliphatic rings. The van der Waals surface area contributed by atoms with Crippen molar-refractivity contribution in [2.24, 2.45) is 5.73 Å². The zero-order valence-electron chi connectivity index (χ0n) is 8.92. The molecule has 3 amide bonds. The van der Waals surface area contributed by atoms with Crippen LogP contribution in [0.3, 0.4) is 0 Å². The quantitative estimate of drug-likeness (QED) is 0.614. The summed E-state index contributed by atoms with van der Waals surface area (Å²) >= 11 is 0.